The fraction of sp³-hybridized carbons (Fsp3) is 0.0488. The number of hydrogen-bond donors (Lipinski definition) is 2. The molecule has 9 rings (SSSR count). The Morgan fingerprint density at radius 1 is 0.489 bits per heavy atom. The number of fused-ring (bicyclic) bond motifs is 7. The molecular weight excluding hydrogens is 567 g/mol. The number of hydrogen-bond acceptors (Lipinski definition) is 4. The summed E-state index contributed by atoms with van der Waals surface area (Å²) >= 11 is 1.88. The second-order valence-corrected chi connectivity index (χ2v) is 12.7. The monoisotopic (exact) mass is 595 g/mol. The molecule has 0 saturated heterocycles. The molecule has 1 aliphatic heterocycles. The second kappa shape index (κ2) is 10.7. The molecule has 3 nitrogen and oxygen atoms in total. The maximum Gasteiger partial charge on any atom is 0.131 e. The number of benzene rings is 7. The van der Waals surface area contributed by atoms with Crippen LogP contribution in [0.2, 0.25) is 0 Å². The topological polar surface area (TPSA) is 36.4 Å². The SMILES string of the molecule is c1ccc(C2N=C(c3cccc(-c4ccc5c(ccc6ccc7sc8ccccc8c7c65)c4)c3)NC(c3ccccc3)N2)cc1. The van der Waals surface area contributed by atoms with Gasteiger partial charge in [-0.1, -0.05) is 127 Å². The van der Waals surface area contributed by atoms with Gasteiger partial charge in [0, 0.05) is 25.7 Å². The smallest absolute Gasteiger partial charge is 0.131 e. The molecular formula is C41H29N3S. The highest BCUT2D eigenvalue weighted by Gasteiger charge is 2.25. The van der Waals surface area contributed by atoms with Crippen LogP contribution in [0.25, 0.3) is 52.8 Å². The van der Waals surface area contributed by atoms with E-state index in [1.54, 1.807) is 0 Å². The molecule has 4 heteroatoms. The average Bonchev–Trinajstić information content (AvgIpc) is 3.51. The molecule has 0 amide bonds. The fourth-order valence-electron chi connectivity index (χ4n) is 6.72. The van der Waals surface area contributed by atoms with Gasteiger partial charge in [0.15, 0.2) is 0 Å². The van der Waals surface area contributed by atoms with Crippen LogP contribution in [0.1, 0.15) is 29.0 Å². The lowest BCUT2D eigenvalue weighted by Gasteiger charge is -2.32. The maximum absolute atomic E-state index is 5.16. The number of rotatable bonds is 4. The van der Waals surface area contributed by atoms with Gasteiger partial charge in [0.2, 0.25) is 0 Å². The lowest BCUT2D eigenvalue weighted by atomic mass is 9.94. The Kier molecular flexibility index (Phi) is 6.22. The van der Waals surface area contributed by atoms with Crippen LogP contribution in [0.3, 0.4) is 0 Å². The second-order valence-electron chi connectivity index (χ2n) is 11.7. The van der Waals surface area contributed by atoms with E-state index in [0.29, 0.717) is 0 Å². The van der Waals surface area contributed by atoms with Crippen LogP contribution in [0.5, 0.6) is 0 Å². The first-order valence-electron chi connectivity index (χ1n) is 15.4. The van der Waals surface area contributed by atoms with E-state index in [9.17, 15) is 0 Å². The van der Waals surface area contributed by atoms with Gasteiger partial charge in [0.1, 0.15) is 18.2 Å². The van der Waals surface area contributed by atoms with Gasteiger partial charge in [0.25, 0.3) is 0 Å². The van der Waals surface area contributed by atoms with E-state index in [-0.39, 0.29) is 12.3 Å². The Balaban J connectivity index is 1.14. The number of nitrogens with one attached hydrogen (secondary N) is 2. The maximum atomic E-state index is 5.16. The molecule has 45 heavy (non-hydrogen) atoms. The van der Waals surface area contributed by atoms with Gasteiger partial charge in [-0.05, 0) is 68.1 Å². The molecule has 8 aromatic rings. The predicted molar refractivity (Wildman–Crippen MR) is 191 cm³/mol. The molecule has 0 saturated carbocycles. The van der Waals surface area contributed by atoms with Crippen molar-refractivity contribution in [3.05, 3.63) is 168 Å². The largest absolute Gasteiger partial charge is 0.350 e. The summed E-state index contributed by atoms with van der Waals surface area (Å²) in [6, 6.07) is 54.5. The van der Waals surface area contributed by atoms with Crippen LogP contribution in [-0.2, 0) is 0 Å². The van der Waals surface area contributed by atoms with Crippen LogP contribution in [0.15, 0.2) is 157 Å². The van der Waals surface area contributed by atoms with E-state index >= 15 is 0 Å². The van der Waals surface area contributed by atoms with Crippen molar-refractivity contribution in [3.8, 4) is 11.1 Å². The lowest BCUT2D eigenvalue weighted by molar-refractivity contribution is 0.409. The standard InChI is InChI=1S/C41H29N3S/c1-3-10-27(11-4-1)39-42-40(28-12-5-2-6-13-28)44-41(43-39)32-15-9-14-29(25-32)30-20-22-33-31(24-30)19-18-26-21-23-36-38(37(26)33)34-16-7-8-17-35(34)45-36/h1-25,39-40,42H,(H,43,44). The van der Waals surface area contributed by atoms with Crippen LogP contribution < -0.4 is 10.6 Å². The van der Waals surface area contributed by atoms with Crippen molar-refractivity contribution in [1.29, 1.82) is 0 Å². The summed E-state index contributed by atoms with van der Waals surface area (Å²) in [5.74, 6) is 0.886. The van der Waals surface area contributed by atoms with Gasteiger partial charge >= 0.3 is 0 Å². The summed E-state index contributed by atoms with van der Waals surface area (Å²) < 4.78 is 2.68. The molecule has 0 spiro atoms. The molecule has 1 aromatic heterocycles. The van der Waals surface area contributed by atoms with Gasteiger partial charge in [-0.2, -0.15) is 0 Å². The van der Waals surface area contributed by atoms with E-state index in [1.807, 2.05) is 17.4 Å². The van der Waals surface area contributed by atoms with Crippen molar-refractivity contribution < 1.29 is 0 Å². The third kappa shape index (κ3) is 4.58. The molecule has 0 bridgehead atoms. The van der Waals surface area contributed by atoms with Gasteiger partial charge in [0.05, 0.1) is 0 Å². The molecule has 214 valence electrons. The minimum atomic E-state index is -0.157. The minimum Gasteiger partial charge on any atom is -0.350 e. The molecule has 0 aliphatic carbocycles. The normalized spacial score (nSPS) is 16.7. The van der Waals surface area contributed by atoms with E-state index in [1.165, 1.54) is 58.4 Å². The van der Waals surface area contributed by atoms with Crippen LogP contribution in [0, 0.1) is 0 Å². The van der Waals surface area contributed by atoms with E-state index < -0.39 is 0 Å². The number of nitrogens with zero attached hydrogens (tertiary/aromatic N) is 1. The molecule has 2 N–H and O–H groups in total. The average molecular weight is 596 g/mol. The quantitative estimate of drug-likeness (QED) is 0.199. The van der Waals surface area contributed by atoms with Crippen LogP contribution >= 0.6 is 11.3 Å². The highest BCUT2D eigenvalue weighted by atomic mass is 32.1. The molecule has 1 aliphatic rings. The summed E-state index contributed by atoms with van der Waals surface area (Å²) in [7, 11) is 0. The fourth-order valence-corrected chi connectivity index (χ4v) is 7.84. The Bertz CT molecular complexity index is 2390. The molecule has 2 unspecified atom stereocenters. The van der Waals surface area contributed by atoms with Crippen molar-refractivity contribution in [2.45, 2.75) is 12.3 Å². The minimum absolute atomic E-state index is 0.0634. The predicted octanol–water partition coefficient (Wildman–Crippen LogP) is 10.4. The Hall–Kier alpha value is -5.29. The Morgan fingerprint density at radius 2 is 1.20 bits per heavy atom. The van der Waals surface area contributed by atoms with Crippen LogP contribution in [0.4, 0.5) is 0 Å². The number of aliphatic imine (C=N–C) groups is 1. The summed E-state index contributed by atoms with van der Waals surface area (Å²) in [5, 5.41) is 15.2. The summed E-state index contributed by atoms with van der Waals surface area (Å²) in [6.07, 6.45) is -0.221. The summed E-state index contributed by atoms with van der Waals surface area (Å²) in [5.41, 5.74) is 5.75. The first-order valence-corrected chi connectivity index (χ1v) is 16.2. The van der Waals surface area contributed by atoms with Crippen LogP contribution in [-0.4, -0.2) is 5.84 Å². The first kappa shape index (κ1) is 26.1. The highest BCUT2D eigenvalue weighted by molar-refractivity contribution is 7.26. The summed E-state index contributed by atoms with van der Waals surface area (Å²) in [4.78, 5) is 5.16. The lowest BCUT2D eigenvalue weighted by Crippen LogP contribution is -2.44. The number of amidine groups is 1. The molecule has 0 fully saturated rings. The van der Waals surface area contributed by atoms with Gasteiger partial charge < -0.3 is 5.32 Å². The van der Waals surface area contributed by atoms with Crippen molar-refractivity contribution in [1.82, 2.24) is 10.6 Å². The molecule has 7 aromatic carbocycles. The highest BCUT2D eigenvalue weighted by Crippen LogP contribution is 2.41. The van der Waals surface area contributed by atoms with Crippen molar-refractivity contribution in [2.24, 2.45) is 4.99 Å². The molecule has 2 atom stereocenters. The zero-order valence-corrected chi connectivity index (χ0v) is 25.3. The zero-order chi connectivity index (χ0) is 29.7. The van der Waals surface area contributed by atoms with Gasteiger partial charge in [-0.25, -0.2) is 4.99 Å². The summed E-state index contributed by atoms with van der Waals surface area (Å²) in [6.45, 7) is 0. The van der Waals surface area contributed by atoms with Crippen molar-refractivity contribution >= 4 is 58.9 Å². The Labute approximate surface area is 265 Å². The number of thiophene rings is 1. The first-order chi connectivity index (χ1) is 22.3. The van der Waals surface area contributed by atoms with Gasteiger partial charge in [-0.3, -0.25) is 5.32 Å². The van der Waals surface area contributed by atoms with E-state index in [2.05, 4.69) is 156 Å². The van der Waals surface area contributed by atoms with Gasteiger partial charge in [-0.15, -0.1) is 11.3 Å². The zero-order valence-electron chi connectivity index (χ0n) is 24.4. The third-order valence-corrected chi connectivity index (χ3v) is 10.1. The van der Waals surface area contributed by atoms with E-state index in [4.69, 9.17) is 4.99 Å². The third-order valence-electron chi connectivity index (χ3n) is 8.92. The molecule has 2 heterocycles. The van der Waals surface area contributed by atoms with Crippen molar-refractivity contribution in [3.63, 3.8) is 0 Å². The Morgan fingerprint density at radius 3 is 2.07 bits per heavy atom. The van der Waals surface area contributed by atoms with Crippen molar-refractivity contribution in [2.75, 3.05) is 0 Å². The van der Waals surface area contributed by atoms with E-state index in [0.717, 1.165) is 17.0 Å². The molecule has 0 radical (unpaired) electrons.